The van der Waals surface area contributed by atoms with Gasteiger partial charge in [0.05, 0.1) is 36.1 Å². The van der Waals surface area contributed by atoms with E-state index in [-0.39, 0.29) is 29.4 Å². The van der Waals surface area contributed by atoms with Crippen molar-refractivity contribution < 1.29 is 18.3 Å². The number of carbonyl (C=O) groups is 1. The molecule has 3 aromatic heterocycles. The maximum Gasteiger partial charge on any atom is 0.246 e. The number of aromatic nitrogens is 3. The van der Waals surface area contributed by atoms with Gasteiger partial charge in [-0.1, -0.05) is 18.7 Å². The molecule has 5 aromatic rings. The van der Waals surface area contributed by atoms with Gasteiger partial charge in [0, 0.05) is 52.5 Å². The monoisotopic (exact) mass is 639 g/mol. The molecule has 7 rings (SSSR count). The fourth-order valence-corrected chi connectivity index (χ4v) is 7.54. The summed E-state index contributed by atoms with van der Waals surface area (Å²) in [7, 11) is 2.13. The van der Waals surface area contributed by atoms with Gasteiger partial charge in [0.1, 0.15) is 28.8 Å². The Morgan fingerprint density at radius 2 is 1.91 bits per heavy atom. The summed E-state index contributed by atoms with van der Waals surface area (Å²) < 4.78 is 39.4. The number of nitrogens with zero attached hydrogens (tertiary/aromatic N) is 5. The van der Waals surface area contributed by atoms with E-state index >= 15 is 4.39 Å². The Bertz CT molecular complexity index is 2020. The first-order valence-electron chi connectivity index (χ1n) is 15.5. The van der Waals surface area contributed by atoms with Gasteiger partial charge in [-0.05, 0) is 75.0 Å². The van der Waals surface area contributed by atoms with Crippen LogP contribution in [0.15, 0.2) is 60.5 Å². The summed E-state index contributed by atoms with van der Waals surface area (Å²) >= 11 is 1.48. The number of fused-ring (bicyclic) bond motifs is 3. The van der Waals surface area contributed by atoms with Crippen LogP contribution in [0.1, 0.15) is 37.6 Å². The van der Waals surface area contributed by atoms with Gasteiger partial charge >= 0.3 is 0 Å². The molecule has 0 bridgehead atoms. The van der Waals surface area contributed by atoms with E-state index in [1.54, 1.807) is 4.90 Å². The molecule has 0 aliphatic carbocycles. The van der Waals surface area contributed by atoms with E-state index in [4.69, 9.17) is 14.8 Å². The van der Waals surface area contributed by atoms with Crippen molar-refractivity contribution in [2.75, 3.05) is 13.6 Å². The maximum atomic E-state index is 16.1. The van der Waals surface area contributed by atoms with Crippen LogP contribution in [0.3, 0.4) is 0 Å². The zero-order valence-corrected chi connectivity index (χ0v) is 27.1. The number of pyridine rings is 1. The first-order valence-corrected chi connectivity index (χ1v) is 16.4. The molecular formula is C36H35F2N5O2S. The Morgan fingerprint density at radius 1 is 1.09 bits per heavy atom. The average Bonchev–Trinajstić information content (AvgIpc) is 3.66. The Labute approximate surface area is 270 Å². The van der Waals surface area contributed by atoms with Crippen LogP contribution in [-0.4, -0.2) is 56.2 Å². The molecule has 5 heterocycles. The van der Waals surface area contributed by atoms with E-state index in [1.807, 2.05) is 43.0 Å². The Hall–Kier alpha value is -4.41. The van der Waals surface area contributed by atoms with Crippen LogP contribution in [0.5, 0.6) is 5.75 Å². The van der Waals surface area contributed by atoms with Crippen LogP contribution in [0.25, 0.3) is 43.9 Å². The molecule has 1 amide bonds. The summed E-state index contributed by atoms with van der Waals surface area (Å²) in [6, 6.07) is 12.4. The summed E-state index contributed by atoms with van der Waals surface area (Å²) in [5.41, 5.74) is 6.83. The number of benzene rings is 2. The van der Waals surface area contributed by atoms with Gasteiger partial charge in [0.2, 0.25) is 5.91 Å². The highest BCUT2D eigenvalue weighted by Gasteiger charge is 2.31. The number of rotatable bonds is 6. The molecule has 0 N–H and O–H groups in total. The molecular weight excluding hydrogens is 604 g/mol. The number of likely N-dealkylation sites (N-methyl/N-ethyl adjacent to an activating group) is 1. The maximum absolute atomic E-state index is 16.1. The number of hydrogen-bond acceptors (Lipinski definition) is 6. The number of amides is 1. The van der Waals surface area contributed by atoms with Crippen molar-refractivity contribution in [1.29, 1.82) is 0 Å². The van der Waals surface area contributed by atoms with Gasteiger partial charge < -0.3 is 14.5 Å². The largest absolute Gasteiger partial charge is 0.490 e. The third-order valence-electron chi connectivity index (χ3n) is 8.79. The molecule has 2 aliphatic rings. The van der Waals surface area contributed by atoms with Gasteiger partial charge in [-0.3, -0.25) is 9.48 Å². The van der Waals surface area contributed by atoms with Crippen LogP contribution < -0.4 is 4.74 Å². The van der Waals surface area contributed by atoms with Crippen molar-refractivity contribution >= 4 is 27.3 Å². The summed E-state index contributed by atoms with van der Waals surface area (Å²) in [5, 5.41) is 7.81. The minimum atomic E-state index is -0.737. The van der Waals surface area contributed by atoms with E-state index in [1.165, 1.54) is 34.6 Å². The smallest absolute Gasteiger partial charge is 0.246 e. The predicted molar refractivity (Wildman–Crippen MR) is 178 cm³/mol. The quantitative estimate of drug-likeness (QED) is 0.181. The van der Waals surface area contributed by atoms with Crippen LogP contribution in [0.4, 0.5) is 8.78 Å². The molecule has 10 heteroatoms. The normalized spacial score (nSPS) is 16.5. The fourth-order valence-electron chi connectivity index (χ4n) is 6.59. The summed E-state index contributed by atoms with van der Waals surface area (Å²) in [5.74, 6) is -1.50. The van der Waals surface area contributed by atoms with Gasteiger partial charge in [0.15, 0.2) is 0 Å². The molecule has 0 radical (unpaired) electrons. The Kier molecular flexibility index (Phi) is 7.73. The first-order chi connectivity index (χ1) is 22.1. The second-order valence-corrected chi connectivity index (χ2v) is 13.4. The van der Waals surface area contributed by atoms with Crippen molar-refractivity contribution in [2.24, 2.45) is 0 Å². The molecule has 0 saturated carbocycles. The van der Waals surface area contributed by atoms with Gasteiger partial charge in [-0.25, -0.2) is 13.8 Å². The average molecular weight is 640 g/mol. The molecule has 0 saturated heterocycles. The number of halogens is 2. The van der Waals surface area contributed by atoms with E-state index in [0.29, 0.717) is 30.0 Å². The zero-order chi connectivity index (χ0) is 32.3. The standard InChI is InChI=1S/C36H35F2N5O2S/c1-6-31(44)42-19-26-16-29(40-43(26)17-21(42)4)35-33(32-28(38)14-25(37)15-30(32)45-20(2)3)36-27(10-12-46-36)34(39-35)23-7-8-24-18-41(5)11-9-22(24)13-23/h6-8,10,12-16,20-21H,1,9,11,17-19H2,2-5H3. The van der Waals surface area contributed by atoms with Crippen molar-refractivity contribution in [3.63, 3.8) is 0 Å². The minimum Gasteiger partial charge on any atom is -0.490 e. The zero-order valence-electron chi connectivity index (χ0n) is 26.3. The van der Waals surface area contributed by atoms with Crippen LogP contribution >= 0.6 is 11.3 Å². The minimum absolute atomic E-state index is 0.0938. The highest BCUT2D eigenvalue weighted by molar-refractivity contribution is 7.18. The van der Waals surface area contributed by atoms with E-state index in [9.17, 15) is 9.18 Å². The second-order valence-electron chi connectivity index (χ2n) is 12.5. The summed E-state index contributed by atoms with van der Waals surface area (Å²) in [4.78, 5) is 22.0. The number of carbonyl (C=O) groups excluding carboxylic acids is 1. The third-order valence-corrected chi connectivity index (χ3v) is 9.72. The van der Waals surface area contributed by atoms with E-state index in [0.717, 1.165) is 52.6 Å². The lowest BCUT2D eigenvalue weighted by atomic mass is 9.93. The lowest BCUT2D eigenvalue weighted by Crippen LogP contribution is -2.44. The molecule has 2 aliphatic heterocycles. The highest BCUT2D eigenvalue weighted by Crippen LogP contribution is 2.47. The number of thiophene rings is 1. The summed E-state index contributed by atoms with van der Waals surface area (Å²) in [6.07, 6.45) is 1.95. The lowest BCUT2D eigenvalue weighted by molar-refractivity contribution is -0.129. The second kappa shape index (κ2) is 11.7. The van der Waals surface area contributed by atoms with Gasteiger partial charge in [0.25, 0.3) is 0 Å². The molecule has 1 atom stereocenters. The topological polar surface area (TPSA) is 63.5 Å². The predicted octanol–water partition coefficient (Wildman–Crippen LogP) is 7.46. The van der Waals surface area contributed by atoms with E-state index < -0.39 is 11.6 Å². The van der Waals surface area contributed by atoms with Crippen molar-refractivity contribution in [2.45, 2.75) is 59.0 Å². The molecule has 7 nitrogen and oxygen atoms in total. The Balaban J connectivity index is 1.49. The van der Waals surface area contributed by atoms with Gasteiger partial charge in [-0.15, -0.1) is 11.3 Å². The highest BCUT2D eigenvalue weighted by atomic mass is 32.1. The first kappa shape index (κ1) is 30.3. The third kappa shape index (κ3) is 5.29. The number of ether oxygens (including phenoxy) is 1. The summed E-state index contributed by atoms with van der Waals surface area (Å²) in [6.45, 7) is 12.0. The molecule has 0 spiro atoms. The Morgan fingerprint density at radius 3 is 2.70 bits per heavy atom. The molecule has 2 aromatic carbocycles. The van der Waals surface area contributed by atoms with Crippen molar-refractivity contribution in [3.05, 3.63) is 89.0 Å². The molecule has 236 valence electrons. The number of hydrogen-bond donors (Lipinski definition) is 0. The fraction of sp³-hybridized carbons (Fsp3) is 0.306. The SMILES string of the molecule is C=CC(=O)N1Cc2cc(-c3nc(-c4ccc5c(c4)CCN(C)C5)c4ccsc4c3-c3c(F)cc(F)cc3OC(C)C)nn2CC1C. The lowest BCUT2D eigenvalue weighted by Gasteiger charge is -2.33. The molecule has 0 fully saturated rings. The van der Waals surface area contributed by atoms with Crippen LogP contribution in [0.2, 0.25) is 0 Å². The van der Waals surface area contributed by atoms with E-state index in [2.05, 4.69) is 36.7 Å². The van der Waals surface area contributed by atoms with Crippen LogP contribution in [-0.2, 0) is 30.8 Å². The van der Waals surface area contributed by atoms with Gasteiger partial charge in [-0.2, -0.15) is 5.10 Å². The molecule has 1 unspecified atom stereocenters. The van der Waals surface area contributed by atoms with Crippen molar-refractivity contribution in [1.82, 2.24) is 24.6 Å². The molecule has 46 heavy (non-hydrogen) atoms. The van der Waals surface area contributed by atoms with Crippen LogP contribution in [0, 0.1) is 11.6 Å². The van der Waals surface area contributed by atoms with Crippen molar-refractivity contribution in [3.8, 4) is 39.5 Å².